The van der Waals surface area contributed by atoms with Gasteiger partial charge < -0.3 is 4.90 Å². The molecule has 1 heterocycles. The van der Waals surface area contributed by atoms with E-state index in [-0.39, 0.29) is 0 Å². The lowest BCUT2D eigenvalue weighted by atomic mass is 10.4. The molecule has 0 radical (unpaired) electrons. The van der Waals surface area contributed by atoms with Gasteiger partial charge in [0, 0.05) is 32.9 Å². The topological polar surface area (TPSA) is 21.1 Å². The van der Waals surface area contributed by atoms with Gasteiger partial charge in [0.1, 0.15) is 5.82 Å². The van der Waals surface area contributed by atoms with Gasteiger partial charge in [0.25, 0.3) is 0 Å². The zero-order valence-electron chi connectivity index (χ0n) is 6.92. The molecular formula is C7H13N3. The van der Waals surface area contributed by atoms with Gasteiger partial charge in [-0.15, -0.1) is 0 Å². The second-order valence-electron chi connectivity index (χ2n) is 2.66. The highest BCUT2D eigenvalue weighted by atomic mass is 15.3. The summed E-state index contributed by atoms with van der Waals surface area (Å²) in [5.41, 5.74) is 1.18. The van der Waals surface area contributed by atoms with E-state index >= 15 is 0 Å². The fraction of sp³-hybridized carbons (Fsp3) is 0.571. The first-order valence-corrected chi connectivity index (χ1v) is 3.29. The molecule has 56 valence electrons. The molecule has 0 aliphatic heterocycles. The molecule has 0 saturated carbocycles. The van der Waals surface area contributed by atoms with Crippen molar-refractivity contribution in [3.05, 3.63) is 11.8 Å². The lowest BCUT2D eigenvalue weighted by Crippen LogP contribution is -2.09. The average molecular weight is 139 g/mol. The van der Waals surface area contributed by atoms with E-state index in [9.17, 15) is 0 Å². The molecule has 0 amide bonds. The van der Waals surface area contributed by atoms with E-state index in [1.54, 1.807) is 0 Å². The molecule has 0 aromatic carbocycles. The van der Waals surface area contributed by atoms with Crippen LogP contribution in [0.1, 0.15) is 5.69 Å². The molecule has 3 nitrogen and oxygen atoms in total. The molecule has 10 heavy (non-hydrogen) atoms. The van der Waals surface area contributed by atoms with Crippen LogP contribution in [-0.4, -0.2) is 23.9 Å². The first-order valence-electron chi connectivity index (χ1n) is 3.29. The third-order valence-corrected chi connectivity index (χ3v) is 1.56. The zero-order chi connectivity index (χ0) is 7.72. The molecule has 0 fully saturated rings. The number of aromatic nitrogens is 2. The number of hydrogen-bond acceptors (Lipinski definition) is 2. The van der Waals surface area contributed by atoms with Gasteiger partial charge in [0.2, 0.25) is 0 Å². The van der Waals surface area contributed by atoms with Crippen LogP contribution in [0, 0.1) is 6.92 Å². The Labute approximate surface area is 61.3 Å². The van der Waals surface area contributed by atoms with Gasteiger partial charge in [-0.1, -0.05) is 0 Å². The van der Waals surface area contributed by atoms with Crippen LogP contribution in [0.25, 0.3) is 0 Å². The third kappa shape index (κ3) is 1.12. The van der Waals surface area contributed by atoms with E-state index in [1.807, 2.05) is 37.6 Å². The summed E-state index contributed by atoms with van der Waals surface area (Å²) in [7, 11) is 5.92. The van der Waals surface area contributed by atoms with Gasteiger partial charge in [0.05, 0.1) is 0 Å². The maximum atomic E-state index is 4.25. The van der Waals surface area contributed by atoms with Crippen molar-refractivity contribution in [3.8, 4) is 0 Å². The monoisotopic (exact) mass is 139 g/mol. The minimum atomic E-state index is 1.01. The van der Waals surface area contributed by atoms with E-state index in [2.05, 4.69) is 11.2 Å². The smallest absolute Gasteiger partial charge is 0.150 e. The van der Waals surface area contributed by atoms with Crippen molar-refractivity contribution in [2.75, 3.05) is 19.0 Å². The molecule has 1 aromatic rings. The molecule has 0 N–H and O–H groups in total. The van der Waals surface area contributed by atoms with Crippen LogP contribution in [0.3, 0.4) is 0 Å². The Morgan fingerprint density at radius 2 is 2.10 bits per heavy atom. The number of nitrogens with zero attached hydrogens (tertiary/aromatic N) is 3. The summed E-state index contributed by atoms with van der Waals surface area (Å²) >= 11 is 0. The summed E-state index contributed by atoms with van der Waals surface area (Å²) in [5.74, 6) is 1.01. The number of hydrogen-bond donors (Lipinski definition) is 0. The van der Waals surface area contributed by atoms with E-state index in [4.69, 9.17) is 0 Å². The second-order valence-corrected chi connectivity index (χ2v) is 2.66. The fourth-order valence-electron chi connectivity index (χ4n) is 0.760. The van der Waals surface area contributed by atoms with Gasteiger partial charge in [0.15, 0.2) is 0 Å². The van der Waals surface area contributed by atoms with Gasteiger partial charge in [-0.3, -0.25) is 4.68 Å². The number of anilines is 1. The van der Waals surface area contributed by atoms with E-state index < -0.39 is 0 Å². The average Bonchev–Trinajstić information content (AvgIpc) is 2.13. The predicted molar refractivity (Wildman–Crippen MR) is 42.3 cm³/mol. The maximum absolute atomic E-state index is 4.25. The Morgan fingerprint density at radius 3 is 2.30 bits per heavy atom. The Bertz CT molecular complexity index is 205. The Kier molecular flexibility index (Phi) is 1.66. The van der Waals surface area contributed by atoms with Crippen LogP contribution >= 0.6 is 0 Å². The van der Waals surface area contributed by atoms with Crippen LogP contribution in [0.2, 0.25) is 0 Å². The summed E-state index contributed by atoms with van der Waals surface area (Å²) < 4.78 is 1.87. The Balaban J connectivity index is 2.98. The minimum Gasteiger partial charge on any atom is -0.361 e. The molecule has 3 heteroatoms. The predicted octanol–water partition coefficient (Wildman–Crippen LogP) is 0.795. The quantitative estimate of drug-likeness (QED) is 0.573. The van der Waals surface area contributed by atoms with Crippen LogP contribution in [-0.2, 0) is 7.05 Å². The number of aryl methyl sites for hydroxylation is 2. The highest BCUT2D eigenvalue weighted by molar-refractivity contribution is 5.37. The van der Waals surface area contributed by atoms with Crippen LogP contribution < -0.4 is 4.90 Å². The summed E-state index contributed by atoms with van der Waals surface area (Å²) in [5, 5.41) is 4.25. The second kappa shape index (κ2) is 2.33. The van der Waals surface area contributed by atoms with Crippen molar-refractivity contribution >= 4 is 5.82 Å². The summed E-state index contributed by atoms with van der Waals surface area (Å²) in [6.45, 7) is 2.04. The number of rotatable bonds is 1. The van der Waals surface area contributed by atoms with Gasteiger partial charge in [-0.05, 0) is 6.92 Å². The lowest BCUT2D eigenvalue weighted by Gasteiger charge is -2.05. The summed E-state index contributed by atoms with van der Waals surface area (Å²) in [6.07, 6.45) is 0. The van der Waals surface area contributed by atoms with E-state index in [0.29, 0.717) is 0 Å². The van der Waals surface area contributed by atoms with Crippen molar-refractivity contribution in [3.63, 3.8) is 0 Å². The van der Waals surface area contributed by atoms with Crippen LogP contribution in [0.4, 0.5) is 5.82 Å². The molecule has 0 aliphatic rings. The molecule has 0 bridgehead atoms. The Hall–Kier alpha value is -0.990. The highest BCUT2D eigenvalue weighted by Crippen LogP contribution is 2.08. The first kappa shape index (κ1) is 7.12. The molecule has 0 unspecified atom stereocenters. The molecule has 0 atom stereocenters. The van der Waals surface area contributed by atoms with Crippen molar-refractivity contribution in [2.45, 2.75) is 6.92 Å². The largest absolute Gasteiger partial charge is 0.361 e. The zero-order valence-corrected chi connectivity index (χ0v) is 6.92. The summed E-state index contributed by atoms with van der Waals surface area (Å²) in [4.78, 5) is 1.99. The van der Waals surface area contributed by atoms with Crippen molar-refractivity contribution in [1.82, 2.24) is 9.78 Å². The lowest BCUT2D eigenvalue weighted by molar-refractivity contribution is 0.736. The minimum absolute atomic E-state index is 1.01. The standard InChI is InChI=1S/C7H13N3/c1-6-5-7(9(2)3)8-10(6)4/h5H,1-4H3. The summed E-state index contributed by atoms with van der Waals surface area (Å²) in [6, 6.07) is 2.06. The van der Waals surface area contributed by atoms with Crippen molar-refractivity contribution < 1.29 is 0 Å². The highest BCUT2D eigenvalue weighted by Gasteiger charge is 2.00. The molecule has 1 aromatic heterocycles. The van der Waals surface area contributed by atoms with E-state index in [0.717, 1.165) is 5.82 Å². The molecular weight excluding hydrogens is 126 g/mol. The SMILES string of the molecule is Cc1cc(N(C)C)nn1C. The third-order valence-electron chi connectivity index (χ3n) is 1.56. The normalized spacial score (nSPS) is 10.0. The van der Waals surface area contributed by atoms with Crippen molar-refractivity contribution in [2.24, 2.45) is 7.05 Å². The molecule has 0 aliphatic carbocycles. The molecule has 1 rings (SSSR count). The van der Waals surface area contributed by atoms with Crippen LogP contribution in [0.5, 0.6) is 0 Å². The van der Waals surface area contributed by atoms with Crippen LogP contribution in [0.15, 0.2) is 6.07 Å². The van der Waals surface area contributed by atoms with Crippen molar-refractivity contribution in [1.29, 1.82) is 0 Å². The maximum Gasteiger partial charge on any atom is 0.150 e. The first-order chi connectivity index (χ1) is 4.61. The van der Waals surface area contributed by atoms with Gasteiger partial charge in [-0.25, -0.2) is 0 Å². The fourth-order valence-corrected chi connectivity index (χ4v) is 0.760. The van der Waals surface area contributed by atoms with E-state index in [1.165, 1.54) is 5.69 Å². The molecule has 0 saturated heterocycles. The Morgan fingerprint density at radius 1 is 1.50 bits per heavy atom. The van der Waals surface area contributed by atoms with Gasteiger partial charge in [-0.2, -0.15) is 5.10 Å². The van der Waals surface area contributed by atoms with Gasteiger partial charge >= 0.3 is 0 Å². The molecule has 0 spiro atoms.